The van der Waals surface area contributed by atoms with Crippen molar-refractivity contribution in [3.8, 4) is 0 Å². The zero-order valence-corrected chi connectivity index (χ0v) is 9.19. The van der Waals surface area contributed by atoms with Crippen LogP contribution in [0.15, 0.2) is 23.5 Å². The number of nitrogens with one attached hydrogen (secondary N) is 2. The van der Waals surface area contributed by atoms with Gasteiger partial charge in [0.05, 0.1) is 0 Å². The zero-order chi connectivity index (χ0) is 11.8. The number of nitrogens with zero attached hydrogens (tertiary/aromatic N) is 3. The molecule has 4 N–H and O–H groups in total. The number of nitrogen functional groups attached to an aromatic ring is 1. The third kappa shape index (κ3) is 1.84. The minimum atomic E-state index is -3.75. The third-order valence-electron chi connectivity index (χ3n) is 1.84. The van der Waals surface area contributed by atoms with Crippen molar-refractivity contribution in [3.63, 3.8) is 0 Å². The molecule has 2 aromatic rings. The average Bonchev–Trinajstić information content (AvgIpc) is 2.75. The summed E-state index contributed by atoms with van der Waals surface area (Å²) in [4.78, 5) is 6.29. The second-order valence-corrected chi connectivity index (χ2v) is 4.75. The number of hydrogen-bond donors (Lipinski definition) is 3. The molecule has 2 heterocycles. The van der Waals surface area contributed by atoms with Crippen LogP contribution in [0.1, 0.15) is 0 Å². The first-order chi connectivity index (χ1) is 7.49. The summed E-state index contributed by atoms with van der Waals surface area (Å²) in [7, 11) is -2.16. The number of rotatable bonds is 3. The van der Waals surface area contributed by atoms with Gasteiger partial charge in [0.1, 0.15) is 4.90 Å². The van der Waals surface area contributed by atoms with Crippen LogP contribution in [0.4, 0.5) is 11.8 Å². The first-order valence-corrected chi connectivity index (χ1v) is 5.78. The summed E-state index contributed by atoms with van der Waals surface area (Å²) in [5.41, 5.74) is 5.47. The van der Waals surface area contributed by atoms with Crippen molar-refractivity contribution >= 4 is 21.8 Å². The fourth-order valence-corrected chi connectivity index (χ4v) is 2.28. The first kappa shape index (κ1) is 10.5. The molecule has 0 aromatic carbocycles. The lowest BCUT2D eigenvalue weighted by molar-refractivity contribution is 0.601. The van der Waals surface area contributed by atoms with E-state index in [9.17, 15) is 8.42 Å². The van der Waals surface area contributed by atoms with Crippen LogP contribution in [0.2, 0.25) is 0 Å². The largest absolute Gasteiger partial charge is 0.381 e. The number of hydrogen-bond acceptors (Lipinski definition) is 5. The fourth-order valence-electron chi connectivity index (χ4n) is 1.19. The highest BCUT2D eigenvalue weighted by Crippen LogP contribution is 2.17. The Morgan fingerprint density at radius 3 is 2.81 bits per heavy atom. The molecule has 0 saturated heterocycles. The van der Waals surface area contributed by atoms with E-state index in [1.807, 2.05) is 0 Å². The van der Waals surface area contributed by atoms with E-state index >= 15 is 0 Å². The molecule has 0 atom stereocenters. The molecular formula is C7H10N6O2S. The highest BCUT2D eigenvalue weighted by Gasteiger charge is 2.21. The van der Waals surface area contributed by atoms with Gasteiger partial charge in [-0.25, -0.2) is 18.1 Å². The normalized spacial score (nSPS) is 11.6. The van der Waals surface area contributed by atoms with Gasteiger partial charge in [0, 0.05) is 25.6 Å². The molecule has 0 fully saturated rings. The van der Waals surface area contributed by atoms with Crippen LogP contribution in [-0.4, -0.2) is 28.2 Å². The molecule has 2 rings (SSSR count). The Kier molecular flexibility index (Phi) is 2.31. The molecule has 2 aromatic heterocycles. The SMILES string of the molecule is Cn1cc(S(=O)(=O)Nc2ncc[nH]2)c(N)n1. The molecule has 0 radical (unpaired) electrons. The highest BCUT2D eigenvalue weighted by molar-refractivity contribution is 7.92. The Morgan fingerprint density at radius 1 is 1.56 bits per heavy atom. The van der Waals surface area contributed by atoms with E-state index in [4.69, 9.17) is 5.73 Å². The number of sulfonamides is 1. The van der Waals surface area contributed by atoms with E-state index in [1.54, 1.807) is 7.05 Å². The molecule has 0 bridgehead atoms. The molecule has 8 nitrogen and oxygen atoms in total. The van der Waals surface area contributed by atoms with Gasteiger partial charge in [-0.15, -0.1) is 0 Å². The Morgan fingerprint density at radius 2 is 2.31 bits per heavy atom. The van der Waals surface area contributed by atoms with Crippen LogP contribution in [0, 0.1) is 0 Å². The second kappa shape index (κ2) is 3.52. The molecule has 0 amide bonds. The molecule has 9 heteroatoms. The molecule has 16 heavy (non-hydrogen) atoms. The minimum absolute atomic E-state index is 0.0541. The maximum Gasteiger partial charge on any atom is 0.269 e. The summed E-state index contributed by atoms with van der Waals surface area (Å²) in [5, 5.41) is 3.75. The van der Waals surface area contributed by atoms with Crippen LogP contribution >= 0.6 is 0 Å². The third-order valence-corrected chi connectivity index (χ3v) is 3.20. The fraction of sp³-hybridized carbons (Fsp3) is 0.143. The molecule has 0 spiro atoms. The van der Waals surface area contributed by atoms with Crippen molar-refractivity contribution in [1.29, 1.82) is 0 Å². The number of nitrogens with two attached hydrogens (primary N) is 1. The monoisotopic (exact) mass is 242 g/mol. The summed E-state index contributed by atoms with van der Waals surface area (Å²) >= 11 is 0. The zero-order valence-electron chi connectivity index (χ0n) is 8.38. The molecule has 0 aliphatic carbocycles. The Hall–Kier alpha value is -2.03. The first-order valence-electron chi connectivity index (χ1n) is 4.30. The van der Waals surface area contributed by atoms with E-state index < -0.39 is 10.0 Å². The van der Waals surface area contributed by atoms with E-state index in [0.717, 1.165) is 0 Å². The Balaban J connectivity index is 2.36. The maximum atomic E-state index is 11.8. The van der Waals surface area contributed by atoms with Gasteiger partial charge >= 0.3 is 0 Å². The lowest BCUT2D eigenvalue weighted by atomic mass is 10.7. The van der Waals surface area contributed by atoms with E-state index in [2.05, 4.69) is 19.8 Å². The van der Waals surface area contributed by atoms with Crippen molar-refractivity contribution in [2.45, 2.75) is 4.90 Å². The van der Waals surface area contributed by atoms with Crippen LogP contribution in [-0.2, 0) is 17.1 Å². The summed E-state index contributed by atoms with van der Waals surface area (Å²) in [6, 6.07) is 0. The van der Waals surface area contributed by atoms with Gasteiger partial charge in [0.2, 0.25) is 5.95 Å². The van der Waals surface area contributed by atoms with Crippen LogP contribution < -0.4 is 10.5 Å². The molecule has 0 saturated carbocycles. The van der Waals surface area contributed by atoms with Crippen molar-refractivity contribution in [3.05, 3.63) is 18.6 Å². The van der Waals surface area contributed by atoms with Crippen molar-refractivity contribution in [1.82, 2.24) is 19.7 Å². The van der Waals surface area contributed by atoms with Gasteiger partial charge in [-0.1, -0.05) is 0 Å². The summed E-state index contributed by atoms with van der Waals surface area (Å²) in [5.74, 6) is 0.0739. The predicted molar refractivity (Wildman–Crippen MR) is 57.0 cm³/mol. The quantitative estimate of drug-likeness (QED) is 0.672. The predicted octanol–water partition coefficient (Wildman–Crippen LogP) is -0.474. The molecule has 0 aliphatic rings. The maximum absolute atomic E-state index is 11.8. The lowest BCUT2D eigenvalue weighted by Gasteiger charge is -2.02. The van der Waals surface area contributed by atoms with Crippen molar-refractivity contribution in [2.75, 3.05) is 10.5 Å². The average molecular weight is 242 g/mol. The number of anilines is 2. The summed E-state index contributed by atoms with van der Waals surface area (Å²) in [6.45, 7) is 0. The summed E-state index contributed by atoms with van der Waals surface area (Å²) in [6.07, 6.45) is 4.26. The standard InChI is InChI=1S/C7H10N6O2S/c1-13-4-5(6(8)11-13)16(14,15)12-7-9-2-3-10-7/h2-4H,1H3,(H2,8,11)(H2,9,10,12). The van der Waals surface area contributed by atoms with E-state index in [0.29, 0.717) is 0 Å². The van der Waals surface area contributed by atoms with Gasteiger partial charge in [-0.05, 0) is 0 Å². The molecular weight excluding hydrogens is 232 g/mol. The highest BCUT2D eigenvalue weighted by atomic mass is 32.2. The van der Waals surface area contributed by atoms with E-state index in [-0.39, 0.29) is 16.7 Å². The van der Waals surface area contributed by atoms with Crippen LogP contribution in [0.5, 0.6) is 0 Å². The smallest absolute Gasteiger partial charge is 0.269 e. The topological polar surface area (TPSA) is 119 Å². The van der Waals surface area contributed by atoms with E-state index in [1.165, 1.54) is 23.3 Å². The van der Waals surface area contributed by atoms with Gasteiger partial charge in [0.15, 0.2) is 5.82 Å². The van der Waals surface area contributed by atoms with Crippen molar-refractivity contribution < 1.29 is 8.42 Å². The van der Waals surface area contributed by atoms with Gasteiger partial charge in [-0.2, -0.15) is 5.10 Å². The number of H-pyrrole nitrogens is 1. The van der Waals surface area contributed by atoms with Crippen LogP contribution in [0.3, 0.4) is 0 Å². The van der Waals surface area contributed by atoms with Gasteiger partial charge < -0.3 is 10.7 Å². The lowest BCUT2D eigenvalue weighted by Crippen LogP contribution is -2.14. The van der Waals surface area contributed by atoms with Gasteiger partial charge in [0.25, 0.3) is 10.0 Å². The van der Waals surface area contributed by atoms with Crippen molar-refractivity contribution in [2.24, 2.45) is 7.05 Å². The number of aromatic amines is 1. The van der Waals surface area contributed by atoms with Crippen LogP contribution in [0.25, 0.3) is 0 Å². The minimum Gasteiger partial charge on any atom is -0.381 e. The summed E-state index contributed by atoms with van der Waals surface area (Å²) < 4.78 is 27.2. The Bertz CT molecular complexity index is 584. The number of aryl methyl sites for hydroxylation is 1. The number of aromatic nitrogens is 4. The Labute approximate surface area is 91.5 Å². The molecule has 0 unspecified atom stereocenters. The number of imidazole rings is 1. The second-order valence-electron chi connectivity index (χ2n) is 3.10. The molecule has 0 aliphatic heterocycles. The molecule has 86 valence electrons. The van der Waals surface area contributed by atoms with Gasteiger partial charge in [-0.3, -0.25) is 4.68 Å².